The second-order valence-corrected chi connectivity index (χ2v) is 4.63. The van der Waals surface area contributed by atoms with E-state index in [2.05, 4.69) is 0 Å². The van der Waals surface area contributed by atoms with Crippen LogP contribution >= 0.6 is 0 Å². The fourth-order valence-electron chi connectivity index (χ4n) is 2.16. The molecule has 1 aliphatic carbocycles. The SMILES string of the molecule is C[B]c1cc(N)c([N+](=O)[O-])c(/C2=C/C=C\C=C/CC=C2)c1. The van der Waals surface area contributed by atoms with Crippen molar-refractivity contribution in [1.29, 1.82) is 0 Å². The summed E-state index contributed by atoms with van der Waals surface area (Å²) in [4.78, 5) is 10.9. The highest BCUT2D eigenvalue weighted by Crippen LogP contribution is 2.31. The molecule has 0 atom stereocenters. The van der Waals surface area contributed by atoms with E-state index in [1.54, 1.807) is 12.1 Å². The Labute approximate surface area is 124 Å². The summed E-state index contributed by atoms with van der Waals surface area (Å²) in [6, 6.07) is 3.42. The smallest absolute Gasteiger partial charge is 0.299 e. The van der Waals surface area contributed by atoms with E-state index in [0.717, 1.165) is 17.5 Å². The maximum absolute atomic E-state index is 11.3. The van der Waals surface area contributed by atoms with Crippen molar-refractivity contribution in [3.05, 3.63) is 70.3 Å². The Morgan fingerprint density at radius 3 is 2.76 bits per heavy atom. The Morgan fingerprint density at radius 1 is 1.24 bits per heavy atom. The van der Waals surface area contributed by atoms with E-state index in [4.69, 9.17) is 5.73 Å². The van der Waals surface area contributed by atoms with E-state index < -0.39 is 4.92 Å². The maximum Gasteiger partial charge on any atom is 0.299 e. The molecule has 1 aromatic rings. The van der Waals surface area contributed by atoms with Gasteiger partial charge in [0.25, 0.3) is 5.69 Å². The van der Waals surface area contributed by atoms with Crippen LogP contribution in [0.4, 0.5) is 11.4 Å². The number of nitrogens with zero attached hydrogens (tertiary/aromatic N) is 1. The monoisotopic (exact) mass is 279 g/mol. The van der Waals surface area contributed by atoms with Crippen LogP contribution in [-0.2, 0) is 0 Å². The molecule has 105 valence electrons. The molecule has 0 fully saturated rings. The van der Waals surface area contributed by atoms with Gasteiger partial charge in [0.2, 0.25) is 0 Å². The molecule has 1 aliphatic rings. The van der Waals surface area contributed by atoms with E-state index >= 15 is 0 Å². The Hall–Kier alpha value is -2.56. The van der Waals surface area contributed by atoms with Crippen LogP contribution in [0.5, 0.6) is 0 Å². The highest BCUT2D eigenvalue weighted by atomic mass is 16.6. The minimum atomic E-state index is -0.423. The molecule has 21 heavy (non-hydrogen) atoms. The lowest BCUT2D eigenvalue weighted by Crippen LogP contribution is -2.14. The lowest BCUT2D eigenvalue weighted by atomic mass is 9.72. The first-order valence-electron chi connectivity index (χ1n) is 6.71. The Morgan fingerprint density at radius 2 is 2.05 bits per heavy atom. The van der Waals surface area contributed by atoms with Gasteiger partial charge in [0.1, 0.15) is 13.0 Å². The van der Waals surface area contributed by atoms with Crippen LogP contribution in [0.25, 0.3) is 5.57 Å². The van der Waals surface area contributed by atoms with E-state index in [-0.39, 0.29) is 11.4 Å². The van der Waals surface area contributed by atoms with E-state index in [0.29, 0.717) is 5.56 Å². The Balaban J connectivity index is 2.62. The topological polar surface area (TPSA) is 69.2 Å². The molecule has 0 amide bonds. The van der Waals surface area contributed by atoms with Crippen molar-refractivity contribution in [3.63, 3.8) is 0 Å². The zero-order valence-corrected chi connectivity index (χ0v) is 11.8. The van der Waals surface area contributed by atoms with E-state index in [1.165, 1.54) is 0 Å². The quantitative estimate of drug-likeness (QED) is 0.400. The molecule has 4 nitrogen and oxygen atoms in total. The molecular formula is C16H16BN2O2. The third kappa shape index (κ3) is 3.51. The highest BCUT2D eigenvalue weighted by Gasteiger charge is 2.20. The van der Waals surface area contributed by atoms with Gasteiger partial charge in [-0.25, -0.2) is 0 Å². The van der Waals surface area contributed by atoms with Gasteiger partial charge in [0.15, 0.2) is 0 Å². The summed E-state index contributed by atoms with van der Waals surface area (Å²) in [6.45, 7) is 1.88. The van der Waals surface area contributed by atoms with Crippen LogP contribution in [0.2, 0.25) is 6.82 Å². The van der Waals surface area contributed by atoms with Crippen LogP contribution in [0.1, 0.15) is 12.0 Å². The van der Waals surface area contributed by atoms with Gasteiger partial charge in [0.05, 0.1) is 10.5 Å². The number of anilines is 1. The molecule has 0 unspecified atom stereocenters. The molecule has 2 rings (SSSR count). The van der Waals surface area contributed by atoms with E-state index in [9.17, 15) is 10.1 Å². The van der Waals surface area contributed by atoms with Crippen LogP contribution < -0.4 is 11.2 Å². The molecule has 0 saturated carbocycles. The molecule has 5 heteroatoms. The second-order valence-electron chi connectivity index (χ2n) is 4.63. The number of allylic oxidation sites excluding steroid dienone is 8. The number of hydrogen-bond donors (Lipinski definition) is 1. The van der Waals surface area contributed by atoms with Crippen molar-refractivity contribution in [3.8, 4) is 0 Å². The fraction of sp³-hybridized carbons (Fsp3) is 0.125. The first kappa shape index (κ1) is 14.8. The summed E-state index contributed by atoms with van der Waals surface area (Å²) >= 11 is 0. The summed E-state index contributed by atoms with van der Waals surface area (Å²) in [5, 5.41) is 11.3. The highest BCUT2D eigenvalue weighted by molar-refractivity contribution is 6.52. The largest absolute Gasteiger partial charge is 0.393 e. The molecule has 0 bridgehead atoms. The average Bonchev–Trinajstić information content (AvgIpc) is 2.59. The number of nitro groups is 1. The second kappa shape index (κ2) is 6.75. The zero-order chi connectivity index (χ0) is 15.2. The van der Waals surface area contributed by atoms with Crippen molar-refractivity contribution >= 4 is 29.7 Å². The molecular weight excluding hydrogens is 263 g/mol. The lowest BCUT2D eigenvalue weighted by Gasteiger charge is -2.09. The van der Waals surface area contributed by atoms with Crippen LogP contribution in [-0.4, -0.2) is 12.2 Å². The molecule has 0 saturated heterocycles. The van der Waals surface area contributed by atoms with Crippen molar-refractivity contribution in [2.24, 2.45) is 0 Å². The van der Waals surface area contributed by atoms with Gasteiger partial charge in [-0.2, -0.15) is 0 Å². The van der Waals surface area contributed by atoms with Gasteiger partial charge < -0.3 is 5.73 Å². The average molecular weight is 279 g/mol. The first-order valence-corrected chi connectivity index (χ1v) is 6.71. The van der Waals surface area contributed by atoms with E-state index in [1.807, 2.05) is 56.6 Å². The van der Waals surface area contributed by atoms with Crippen molar-refractivity contribution in [1.82, 2.24) is 0 Å². The fourth-order valence-corrected chi connectivity index (χ4v) is 2.16. The molecule has 1 radical (unpaired) electrons. The Bertz CT molecular complexity index is 673. The predicted octanol–water partition coefficient (Wildman–Crippen LogP) is 3.01. The predicted molar refractivity (Wildman–Crippen MR) is 88.8 cm³/mol. The summed E-state index contributed by atoms with van der Waals surface area (Å²) < 4.78 is 0. The number of nitro benzene ring substituents is 1. The normalized spacial score (nSPS) is 19.6. The lowest BCUT2D eigenvalue weighted by molar-refractivity contribution is -0.384. The summed E-state index contributed by atoms with van der Waals surface area (Å²) in [7, 11) is 1.88. The summed E-state index contributed by atoms with van der Waals surface area (Å²) in [5.41, 5.74) is 8.18. The van der Waals surface area contributed by atoms with Crippen molar-refractivity contribution < 1.29 is 4.92 Å². The first-order chi connectivity index (χ1) is 10.1. The molecule has 1 aromatic carbocycles. The molecule has 0 aromatic heterocycles. The minimum Gasteiger partial charge on any atom is -0.393 e. The van der Waals surface area contributed by atoms with Gasteiger partial charge in [-0.3, -0.25) is 10.1 Å². The Kier molecular flexibility index (Phi) is 4.77. The summed E-state index contributed by atoms with van der Waals surface area (Å²) in [5.74, 6) is 0. The number of hydrogen-bond acceptors (Lipinski definition) is 3. The van der Waals surface area contributed by atoms with Crippen LogP contribution in [0.15, 0.2) is 54.7 Å². The third-order valence-electron chi connectivity index (χ3n) is 3.19. The number of rotatable bonds is 3. The maximum atomic E-state index is 11.3. The molecule has 0 spiro atoms. The van der Waals surface area contributed by atoms with Crippen molar-refractivity contribution in [2.45, 2.75) is 13.2 Å². The zero-order valence-electron chi connectivity index (χ0n) is 11.8. The van der Waals surface area contributed by atoms with Crippen LogP contribution in [0.3, 0.4) is 0 Å². The standard InChI is InChI=1S/C16H16BN2O2/c1-17-13-10-14(16(19(20)21)15(18)11-13)12-8-6-4-2-3-5-7-9-12/h2-4,6-11H,5,18H2,1H3/b3-2-,6-4-,9-7?,12-8+. The number of nitrogens with two attached hydrogens (primary N) is 1. The summed E-state index contributed by atoms with van der Waals surface area (Å²) in [6.07, 6.45) is 14.2. The van der Waals surface area contributed by atoms with Gasteiger partial charge in [-0.15, -0.1) is 0 Å². The third-order valence-corrected chi connectivity index (χ3v) is 3.19. The number of benzene rings is 1. The van der Waals surface area contributed by atoms with Gasteiger partial charge in [-0.05, 0) is 18.1 Å². The number of nitrogen functional groups attached to an aromatic ring is 1. The van der Waals surface area contributed by atoms with Gasteiger partial charge in [0, 0.05) is 0 Å². The van der Waals surface area contributed by atoms with Crippen molar-refractivity contribution in [2.75, 3.05) is 5.73 Å². The van der Waals surface area contributed by atoms with Gasteiger partial charge in [-0.1, -0.05) is 60.9 Å². The molecule has 0 aliphatic heterocycles. The molecule has 2 N–H and O–H groups in total. The van der Waals surface area contributed by atoms with Gasteiger partial charge >= 0.3 is 0 Å². The minimum absolute atomic E-state index is 0.0443. The molecule has 0 heterocycles. The van der Waals surface area contributed by atoms with Crippen LogP contribution in [0, 0.1) is 10.1 Å².